The molecule has 1 aliphatic heterocycles. The highest BCUT2D eigenvalue weighted by molar-refractivity contribution is 6.31. The summed E-state index contributed by atoms with van der Waals surface area (Å²) in [5, 5.41) is 20.4. The van der Waals surface area contributed by atoms with Gasteiger partial charge in [-0.25, -0.2) is 0 Å². The Bertz CT molecular complexity index is 1270. The zero-order chi connectivity index (χ0) is 23.0. The summed E-state index contributed by atoms with van der Waals surface area (Å²) in [4.78, 5) is 6.37. The lowest BCUT2D eigenvalue weighted by Gasteiger charge is -2.32. The van der Waals surface area contributed by atoms with Crippen LogP contribution in [0.1, 0.15) is 50.9 Å². The number of rotatable bonds is 5. The number of benzene rings is 2. The van der Waals surface area contributed by atoms with Gasteiger partial charge in [0.1, 0.15) is 0 Å². The van der Waals surface area contributed by atoms with Crippen LogP contribution in [0.15, 0.2) is 54.7 Å². The lowest BCUT2D eigenvalue weighted by molar-refractivity contribution is 0.334. The van der Waals surface area contributed by atoms with Gasteiger partial charge in [0.25, 0.3) is 0 Å². The Morgan fingerprint density at radius 3 is 2.64 bits per heavy atom. The Balaban J connectivity index is 1.52. The van der Waals surface area contributed by atoms with Crippen molar-refractivity contribution in [2.24, 2.45) is 5.41 Å². The zero-order valence-corrected chi connectivity index (χ0v) is 19.9. The van der Waals surface area contributed by atoms with Crippen molar-refractivity contribution in [1.82, 2.24) is 25.3 Å². The first-order valence-electron chi connectivity index (χ1n) is 11.3. The normalized spacial score (nSPS) is 15.2. The predicted octanol–water partition coefficient (Wildman–Crippen LogP) is 5.53. The van der Waals surface area contributed by atoms with Crippen molar-refractivity contribution < 1.29 is 0 Å². The van der Waals surface area contributed by atoms with Crippen molar-refractivity contribution in [2.45, 2.75) is 39.5 Å². The molecule has 0 bridgehead atoms. The largest absolute Gasteiger partial charge is 0.355 e. The van der Waals surface area contributed by atoms with Crippen LogP contribution in [0, 0.1) is 5.41 Å². The highest BCUT2D eigenvalue weighted by Gasteiger charge is 2.34. The van der Waals surface area contributed by atoms with Crippen molar-refractivity contribution in [3.8, 4) is 0 Å². The first-order valence-corrected chi connectivity index (χ1v) is 11.7. The highest BCUT2D eigenvalue weighted by Crippen LogP contribution is 2.40. The lowest BCUT2D eigenvalue weighted by atomic mass is 9.76. The molecule has 1 N–H and O–H groups in total. The molecule has 0 saturated carbocycles. The topological polar surface area (TPSA) is 71.8 Å². The van der Waals surface area contributed by atoms with Crippen LogP contribution < -0.4 is 10.3 Å². The number of hydrogen-bond acceptors (Lipinski definition) is 6. The summed E-state index contributed by atoms with van der Waals surface area (Å²) < 4.78 is 0. The Hall–Kier alpha value is -3.19. The molecule has 3 heterocycles. The van der Waals surface area contributed by atoms with Crippen molar-refractivity contribution >= 4 is 33.9 Å². The van der Waals surface area contributed by atoms with Crippen LogP contribution in [0.25, 0.3) is 10.9 Å². The van der Waals surface area contributed by atoms with Gasteiger partial charge in [-0.3, -0.25) is 9.99 Å². The van der Waals surface area contributed by atoms with Gasteiger partial charge in [-0.15, -0.1) is 9.89 Å². The summed E-state index contributed by atoms with van der Waals surface area (Å²) >= 11 is 6.16. The van der Waals surface area contributed by atoms with Gasteiger partial charge in [-0.05, 0) is 70.6 Å². The molecule has 0 amide bonds. The molecule has 8 heteroatoms. The fraction of sp³-hybridized carbons (Fsp3) is 0.360. The second-order valence-electron chi connectivity index (χ2n) is 9.66. The molecule has 0 spiro atoms. The summed E-state index contributed by atoms with van der Waals surface area (Å²) in [6.07, 6.45) is 4.14. The number of tetrazole rings is 1. The third kappa shape index (κ3) is 4.37. The third-order valence-electron chi connectivity index (χ3n) is 6.16. The molecule has 0 aliphatic carbocycles. The van der Waals surface area contributed by atoms with Crippen LogP contribution in [0.2, 0.25) is 5.02 Å². The summed E-state index contributed by atoms with van der Waals surface area (Å²) in [7, 11) is 0. The fourth-order valence-corrected chi connectivity index (χ4v) is 4.84. The molecular weight excluding hydrogens is 434 g/mol. The molecule has 1 unspecified atom stereocenters. The van der Waals surface area contributed by atoms with E-state index in [1.807, 2.05) is 29.1 Å². The first-order chi connectivity index (χ1) is 15.9. The molecule has 7 nitrogen and oxygen atoms in total. The van der Waals surface area contributed by atoms with Crippen LogP contribution >= 0.6 is 11.6 Å². The van der Waals surface area contributed by atoms with Crippen LogP contribution in [-0.2, 0) is 0 Å². The summed E-state index contributed by atoms with van der Waals surface area (Å²) in [6, 6.07) is 16.3. The number of pyridine rings is 1. The minimum atomic E-state index is -0.0784. The van der Waals surface area contributed by atoms with E-state index in [9.17, 15) is 0 Å². The maximum Gasteiger partial charge on any atom is 0.182 e. The summed E-state index contributed by atoms with van der Waals surface area (Å²) in [6.45, 7) is 8.67. The van der Waals surface area contributed by atoms with E-state index >= 15 is 0 Å². The minimum absolute atomic E-state index is 0.0304. The molecule has 1 atom stereocenters. The molecule has 4 aromatic rings. The average molecular weight is 462 g/mol. The second-order valence-corrected chi connectivity index (χ2v) is 10.1. The van der Waals surface area contributed by atoms with E-state index in [0.717, 1.165) is 41.2 Å². The molecule has 2 aromatic carbocycles. The highest BCUT2D eigenvalue weighted by atomic mass is 35.5. The SMILES string of the molecule is CC(C)(C)C(c1cccc(Nc2ccnc3cc(Cl)ccc23)c1)c1nnnn1N1CCCC1. The van der Waals surface area contributed by atoms with E-state index < -0.39 is 0 Å². The number of fused-ring (bicyclic) bond motifs is 1. The minimum Gasteiger partial charge on any atom is -0.355 e. The molecule has 1 saturated heterocycles. The maximum atomic E-state index is 6.16. The van der Waals surface area contributed by atoms with E-state index in [1.165, 1.54) is 18.4 Å². The molecule has 33 heavy (non-hydrogen) atoms. The van der Waals surface area contributed by atoms with Gasteiger partial charge < -0.3 is 5.32 Å². The number of hydrogen-bond donors (Lipinski definition) is 1. The Labute approximate surface area is 198 Å². The molecule has 1 aliphatic rings. The van der Waals surface area contributed by atoms with E-state index in [1.54, 1.807) is 6.20 Å². The Morgan fingerprint density at radius 2 is 1.85 bits per heavy atom. The van der Waals surface area contributed by atoms with Gasteiger partial charge in [0, 0.05) is 41.1 Å². The van der Waals surface area contributed by atoms with Crippen molar-refractivity contribution in [3.63, 3.8) is 0 Å². The van der Waals surface area contributed by atoms with Crippen molar-refractivity contribution in [2.75, 3.05) is 23.4 Å². The van der Waals surface area contributed by atoms with Crippen LogP contribution in [0.3, 0.4) is 0 Å². The fourth-order valence-electron chi connectivity index (χ4n) is 4.67. The molecule has 0 radical (unpaired) electrons. The van der Waals surface area contributed by atoms with Gasteiger partial charge in [-0.2, -0.15) is 0 Å². The van der Waals surface area contributed by atoms with Gasteiger partial charge in [-0.1, -0.05) is 44.5 Å². The monoisotopic (exact) mass is 461 g/mol. The van der Waals surface area contributed by atoms with E-state index in [2.05, 4.69) is 75.9 Å². The maximum absolute atomic E-state index is 6.16. The predicted molar refractivity (Wildman–Crippen MR) is 133 cm³/mol. The lowest BCUT2D eigenvalue weighted by Crippen LogP contribution is -2.36. The number of halogens is 1. The molecule has 5 rings (SSSR count). The van der Waals surface area contributed by atoms with Crippen LogP contribution in [0.4, 0.5) is 11.4 Å². The number of nitrogens with zero attached hydrogens (tertiary/aromatic N) is 6. The van der Waals surface area contributed by atoms with Gasteiger partial charge in [0.05, 0.1) is 11.4 Å². The zero-order valence-electron chi connectivity index (χ0n) is 19.2. The second kappa shape index (κ2) is 8.63. The van der Waals surface area contributed by atoms with E-state index in [4.69, 9.17) is 11.6 Å². The smallest absolute Gasteiger partial charge is 0.182 e. The number of nitrogens with one attached hydrogen (secondary N) is 1. The van der Waals surface area contributed by atoms with E-state index in [0.29, 0.717) is 5.02 Å². The Morgan fingerprint density at radius 1 is 1.03 bits per heavy atom. The Kier molecular flexibility index (Phi) is 5.66. The van der Waals surface area contributed by atoms with Gasteiger partial charge >= 0.3 is 0 Å². The quantitative estimate of drug-likeness (QED) is 0.421. The first kappa shape index (κ1) is 21.6. The summed E-state index contributed by atoms with van der Waals surface area (Å²) in [5.41, 5.74) is 3.95. The molecular formula is C25H28ClN7. The molecule has 2 aromatic heterocycles. The van der Waals surface area contributed by atoms with Crippen molar-refractivity contribution in [1.29, 1.82) is 0 Å². The molecule has 1 fully saturated rings. The van der Waals surface area contributed by atoms with Gasteiger partial charge in [0.2, 0.25) is 0 Å². The van der Waals surface area contributed by atoms with Gasteiger partial charge in [0.15, 0.2) is 5.82 Å². The van der Waals surface area contributed by atoms with Crippen LogP contribution in [-0.4, -0.2) is 38.4 Å². The molecule has 170 valence electrons. The standard InChI is InChI=1S/C25H28ClN7/c1-25(2,3)23(24-29-30-31-33(24)32-13-4-5-14-32)17-7-6-8-19(15-17)28-21-11-12-27-22-16-18(26)9-10-20(21)22/h6-12,15-16,23H,4-5,13-14H2,1-3H3,(H,27,28). The number of aromatic nitrogens is 5. The third-order valence-corrected chi connectivity index (χ3v) is 6.39. The number of anilines is 2. The van der Waals surface area contributed by atoms with Crippen molar-refractivity contribution in [3.05, 3.63) is 71.1 Å². The van der Waals surface area contributed by atoms with E-state index in [-0.39, 0.29) is 11.3 Å². The average Bonchev–Trinajstić information content (AvgIpc) is 3.45. The summed E-state index contributed by atoms with van der Waals surface area (Å²) in [5.74, 6) is 0.911. The van der Waals surface area contributed by atoms with Crippen LogP contribution in [0.5, 0.6) is 0 Å².